The van der Waals surface area contributed by atoms with E-state index in [0.29, 0.717) is 10.6 Å². The summed E-state index contributed by atoms with van der Waals surface area (Å²) in [5, 5.41) is 11.2. The molecule has 0 saturated carbocycles. The highest BCUT2D eigenvalue weighted by molar-refractivity contribution is 7.93. The Morgan fingerprint density at radius 1 is 0.871 bits per heavy atom. The van der Waals surface area contributed by atoms with Gasteiger partial charge in [0, 0.05) is 10.7 Å². The van der Waals surface area contributed by atoms with Crippen LogP contribution in [0.3, 0.4) is 0 Å². The minimum absolute atomic E-state index is 0.0141. The molecule has 0 radical (unpaired) electrons. The third-order valence-electron chi connectivity index (χ3n) is 4.53. The zero-order chi connectivity index (χ0) is 23.0. The molecule has 0 aromatic heterocycles. The lowest BCUT2D eigenvalue weighted by molar-refractivity contribution is -0.255. The summed E-state index contributed by atoms with van der Waals surface area (Å²) in [6, 6.07) is 13.3. The van der Waals surface area contributed by atoms with E-state index in [9.17, 15) is 26.7 Å². The van der Waals surface area contributed by atoms with E-state index in [4.69, 9.17) is 11.6 Å². The Kier molecular flexibility index (Phi) is 6.13. The Balaban J connectivity index is 2.07. The van der Waals surface area contributed by atoms with Gasteiger partial charge in [-0.3, -0.25) is 4.72 Å². The molecule has 0 fully saturated rings. The molecule has 0 saturated heterocycles. The normalized spacial score (nSPS) is 11.8. The minimum Gasteiger partial charge on any atom is -0.545 e. The van der Waals surface area contributed by atoms with Gasteiger partial charge in [0.05, 0.1) is 20.7 Å². The summed E-state index contributed by atoms with van der Waals surface area (Å²) in [5.41, 5.74) is 0.504. The fourth-order valence-corrected chi connectivity index (χ4v) is 6.18. The van der Waals surface area contributed by atoms with E-state index in [-0.39, 0.29) is 31.5 Å². The molecule has 0 aliphatic heterocycles. The third-order valence-corrected chi connectivity index (χ3v) is 8.19. The highest BCUT2D eigenvalue weighted by atomic mass is 35.5. The lowest BCUT2D eigenvalue weighted by atomic mass is 10.2. The van der Waals surface area contributed by atoms with Crippen LogP contribution in [0.25, 0.3) is 0 Å². The van der Waals surface area contributed by atoms with E-state index in [1.165, 1.54) is 67.6 Å². The van der Waals surface area contributed by atoms with Gasteiger partial charge in [0.15, 0.2) is 0 Å². The summed E-state index contributed by atoms with van der Waals surface area (Å²) in [6.07, 6.45) is 0. The first-order chi connectivity index (χ1) is 14.4. The molecule has 0 atom stereocenters. The predicted molar refractivity (Wildman–Crippen MR) is 114 cm³/mol. The average Bonchev–Trinajstić information content (AvgIpc) is 2.69. The van der Waals surface area contributed by atoms with Crippen molar-refractivity contribution in [2.75, 3.05) is 4.72 Å². The van der Waals surface area contributed by atoms with Gasteiger partial charge >= 0.3 is 0 Å². The summed E-state index contributed by atoms with van der Waals surface area (Å²) >= 11 is 5.83. The quantitative estimate of drug-likeness (QED) is 0.581. The first-order valence-corrected chi connectivity index (χ1v) is 12.2. The number of sulfone groups is 1. The van der Waals surface area contributed by atoms with Crippen LogP contribution in [0, 0.1) is 13.8 Å². The SMILES string of the molecule is Cc1cc(S(=O)(=O)Nc2ccc(C(=O)[O-])cc2)c(C)c(S(=O)(=O)c2ccc(Cl)cc2)c1. The molecule has 3 aromatic carbocycles. The van der Waals surface area contributed by atoms with Crippen molar-refractivity contribution < 1.29 is 26.7 Å². The molecular formula is C21H17ClNO6S2-. The van der Waals surface area contributed by atoms with Crippen LogP contribution in [0.2, 0.25) is 5.02 Å². The van der Waals surface area contributed by atoms with Crippen molar-refractivity contribution in [2.45, 2.75) is 28.5 Å². The second-order valence-corrected chi connectivity index (χ2v) is 10.8. The number of aromatic carboxylic acids is 1. The van der Waals surface area contributed by atoms with Crippen LogP contribution in [0.15, 0.2) is 75.4 Å². The van der Waals surface area contributed by atoms with Crippen molar-refractivity contribution in [2.24, 2.45) is 0 Å². The first-order valence-electron chi connectivity index (χ1n) is 8.88. The van der Waals surface area contributed by atoms with E-state index in [1.807, 2.05) is 0 Å². The molecule has 0 bridgehead atoms. The summed E-state index contributed by atoms with van der Waals surface area (Å²) in [5.74, 6) is -1.39. The number of benzene rings is 3. The van der Waals surface area contributed by atoms with E-state index < -0.39 is 25.8 Å². The van der Waals surface area contributed by atoms with Crippen LogP contribution in [0.5, 0.6) is 0 Å². The van der Waals surface area contributed by atoms with Crippen LogP contribution in [0.4, 0.5) is 5.69 Å². The van der Waals surface area contributed by atoms with Crippen molar-refractivity contribution in [1.82, 2.24) is 0 Å². The Morgan fingerprint density at radius 2 is 1.42 bits per heavy atom. The number of sulfonamides is 1. The maximum absolute atomic E-state index is 13.1. The number of hydrogen-bond donors (Lipinski definition) is 1. The van der Waals surface area contributed by atoms with Gasteiger partial charge in [0.1, 0.15) is 0 Å². The Labute approximate surface area is 185 Å². The number of halogens is 1. The van der Waals surface area contributed by atoms with Gasteiger partial charge in [-0.05, 0) is 79.1 Å². The van der Waals surface area contributed by atoms with E-state index in [0.717, 1.165) is 0 Å². The van der Waals surface area contributed by atoms with Crippen molar-refractivity contribution in [3.63, 3.8) is 0 Å². The number of carbonyl (C=O) groups excluding carboxylic acids is 1. The van der Waals surface area contributed by atoms with Crippen molar-refractivity contribution in [3.05, 3.63) is 82.4 Å². The standard InChI is InChI=1S/C21H18ClNO6S2/c1-13-11-19(30(26,27)18-9-5-16(22)6-10-18)14(2)20(12-13)31(28,29)23-17-7-3-15(4-8-17)21(24)25/h3-12,23H,1-2H3,(H,24,25)/p-1. The molecule has 0 aliphatic carbocycles. The largest absolute Gasteiger partial charge is 0.545 e. The molecule has 3 rings (SSSR count). The molecule has 0 amide bonds. The molecule has 0 unspecified atom stereocenters. The molecule has 3 aromatic rings. The van der Waals surface area contributed by atoms with E-state index in [2.05, 4.69) is 4.72 Å². The Morgan fingerprint density at radius 3 is 1.97 bits per heavy atom. The van der Waals surface area contributed by atoms with Gasteiger partial charge in [-0.1, -0.05) is 23.7 Å². The summed E-state index contributed by atoms with van der Waals surface area (Å²) in [6.45, 7) is 3.00. The maximum atomic E-state index is 13.1. The predicted octanol–water partition coefficient (Wildman–Crippen LogP) is 2.95. The van der Waals surface area contributed by atoms with Gasteiger partial charge in [-0.25, -0.2) is 16.8 Å². The number of carbonyl (C=O) groups is 1. The minimum atomic E-state index is -4.17. The first kappa shape index (κ1) is 22.8. The summed E-state index contributed by atoms with van der Waals surface area (Å²) in [4.78, 5) is 10.5. The molecular weight excluding hydrogens is 462 g/mol. The van der Waals surface area contributed by atoms with Gasteiger partial charge in [-0.15, -0.1) is 0 Å². The van der Waals surface area contributed by atoms with Gasteiger partial charge in [0.25, 0.3) is 10.0 Å². The number of carboxylic acids is 1. The number of nitrogens with one attached hydrogen (secondary N) is 1. The Hall–Kier alpha value is -2.88. The smallest absolute Gasteiger partial charge is 0.262 e. The van der Waals surface area contributed by atoms with E-state index >= 15 is 0 Å². The number of anilines is 1. The fraction of sp³-hybridized carbons (Fsp3) is 0.0952. The molecule has 162 valence electrons. The van der Waals surface area contributed by atoms with Gasteiger partial charge in [-0.2, -0.15) is 0 Å². The second kappa shape index (κ2) is 8.33. The average molecular weight is 479 g/mol. The van der Waals surface area contributed by atoms with Crippen molar-refractivity contribution in [3.8, 4) is 0 Å². The fourth-order valence-electron chi connectivity index (χ4n) is 2.98. The lowest BCUT2D eigenvalue weighted by Gasteiger charge is -2.16. The maximum Gasteiger partial charge on any atom is 0.262 e. The monoisotopic (exact) mass is 478 g/mol. The third kappa shape index (κ3) is 4.73. The highest BCUT2D eigenvalue weighted by Crippen LogP contribution is 2.31. The van der Waals surface area contributed by atoms with Crippen LogP contribution in [-0.2, 0) is 19.9 Å². The molecule has 0 aliphatic rings. The van der Waals surface area contributed by atoms with E-state index in [1.54, 1.807) is 6.92 Å². The zero-order valence-electron chi connectivity index (χ0n) is 16.4. The van der Waals surface area contributed by atoms with Gasteiger partial charge < -0.3 is 9.90 Å². The molecule has 1 N–H and O–H groups in total. The van der Waals surface area contributed by atoms with Crippen LogP contribution < -0.4 is 9.83 Å². The van der Waals surface area contributed by atoms with Crippen LogP contribution in [0.1, 0.15) is 21.5 Å². The number of rotatable bonds is 6. The molecule has 10 heteroatoms. The lowest BCUT2D eigenvalue weighted by Crippen LogP contribution is -2.22. The van der Waals surface area contributed by atoms with Crippen molar-refractivity contribution in [1.29, 1.82) is 0 Å². The number of aryl methyl sites for hydroxylation is 1. The second-order valence-electron chi connectivity index (χ2n) is 6.81. The number of hydrogen-bond acceptors (Lipinski definition) is 6. The summed E-state index contributed by atoms with van der Waals surface area (Å²) in [7, 11) is -8.17. The molecule has 0 heterocycles. The molecule has 0 spiro atoms. The highest BCUT2D eigenvalue weighted by Gasteiger charge is 2.26. The van der Waals surface area contributed by atoms with Gasteiger partial charge in [0.2, 0.25) is 9.84 Å². The zero-order valence-corrected chi connectivity index (χ0v) is 18.8. The van der Waals surface area contributed by atoms with Crippen LogP contribution >= 0.6 is 11.6 Å². The Bertz CT molecular complexity index is 1360. The summed E-state index contributed by atoms with van der Waals surface area (Å²) < 4.78 is 54.6. The molecule has 31 heavy (non-hydrogen) atoms. The topological polar surface area (TPSA) is 120 Å². The molecule has 7 nitrogen and oxygen atoms in total. The number of carboxylic acid groups (broad SMARTS) is 1. The van der Waals surface area contributed by atoms with Crippen LogP contribution in [-0.4, -0.2) is 22.8 Å². The van der Waals surface area contributed by atoms with Crippen molar-refractivity contribution >= 4 is 43.1 Å².